The Kier molecular flexibility index (Phi) is 5.25. The van der Waals surface area contributed by atoms with Crippen molar-refractivity contribution in [1.29, 1.82) is 0 Å². The molecule has 6 heteroatoms. The van der Waals surface area contributed by atoms with E-state index in [1.54, 1.807) is 6.07 Å². The fourth-order valence-corrected chi connectivity index (χ4v) is 2.00. The molecule has 2 N–H and O–H groups in total. The number of nitro groups is 1. The van der Waals surface area contributed by atoms with Crippen molar-refractivity contribution in [3.8, 4) is 0 Å². The zero-order valence-electron chi connectivity index (χ0n) is 10.4. The van der Waals surface area contributed by atoms with Crippen LogP contribution in [0.5, 0.6) is 0 Å². The van der Waals surface area contributed by atoms with Crippen molar-refractivity contribution in [2.24, 2.45) is 0 Å². The van der Waals surface area contributed by atoms with Gasteiger partial charge in [-0.15, -0.1) is 0 Å². The SMILES string of the molecule is CC(C)(CCO)NCc1ccc([N+](=O)[O-])cc1Br. The summed E-state index contributed by atoms with van der Waals surface area (Å²) in [4.78, 5) is 10.2. The van der Waals surface area contributed by atoms with Gasteiger partial charge in [-0.2, -0.15) is 0 Å². The number of hydrogen-bond acceptors (Lipinski definition) is 4. The van der Waals surface area contributed by atoms with Gasteiger partial charge in [-0.1, -0.05) is 15.9 Å². The van der Waals surface area contributed by atoms with Gasteiger partial charge < -0.3 is 10.4 Å². The van der Waals surface area contributed by atoms with Crippen LogP contribution in [0.2, 0.25) is 0 Å². The summed E-state index contributed by atoms with van der Waals surface area (Å²) < 4.78 is 0.712. The molecule has 0 bridgehead atoms. The minimum Gasteiger partial charge on any atom is -0.396 e. The summed E-state index contributed by atoms with van der Waals surface area (Å²) in [6.07, 6.45) is 0.650. The summed E-state index contributed by atoms with van der Waals surface area (Å²) in [5.74, 6) is 0. The summed E-state index contributed by atoms with van der Waals surface area (Å²) in [6, 6.07) is 4.71. The van der Waals surface area contributed by atoms with E-state index in [0.717, 1.165) is 5.56 Å². The minimum atomic E-state index is -0.419. The molecule has 0 aliphatic heterocycles. The van der Waals surface area contributed by atoms with Gasteiger partial charge in [-0.05, 0) is 31.9 Å². The topological polar surface area (TPSA) is 75.4 Å². The van der Waals surface area contributed by atoms with Gasteiger partial charge in [0.15, 0.2) is 0 Å². The maximum absolute atomic E-state index is 10.6. The standard InChI is InChI=1S/C12H17BrN2O3/c1-12(2,5-6-16)14-8-9-3-4-10(15(17)18)7-11(9)13/h3-4,7,14,16H,5-6,8H2,1-2H3. The number of aliphatic hydroxyl groups is 1. The van der Waals surface area contributed by atoms with Crippen molar-refractivity contribution in [3.63, 3.8) is 0 Å². The van der Waals surface area contributed by atoms with Crippen LogP contribution in [0.3, 0.4) is 0 Å². The molecule has 0 saturated carbocycles. The monoisotopic (exact) mass is 316 g/mol. The number of non-ortho nitro benzene ring substituents is 1. The van der Waals surface area contributed by atoms with E-state index in [-0.39, 0.29) is 17.8 Å². The number of aliphatic hydroxyl groups excluding tert-OH is 1. The van der Waals surface area contributed by atoms with Crippen molar-refractivity contribution < 1.29 is 10.0 Å². The predicted molar refractivity (Wildman–Crippen MR) is 73.4 cm³/mol. The molecule has 0 amide bonds. The van der Waals surface area contributed by atoms with E-state index in [4.69, 9.17) is 5.11 Å². The number of nitrogens with zero attached hydrogens (tertiary/aromatic N) is 1. The molecule has 1 aromatic rings. The second kappa shape index (κ2) is 6.26. The lowest BCUT2D eigenvalue weighted by Gasteiger charge is -2.25. The normalized spacial score (nSPS) is 11.6. The van der Waals surface area contributed by atoms with E-state index in [0.29, 0.717) is 17.4 Å². The molecule has 100 valence electrons. The fourth-order valence-electron chi connectivity index (χ4n) is 1.50. The van der Waals surface area contributed by atoms with Crippen LogP contribution in [0.4, 0.5) is 5.69 Å². The second-order valence-corrected chi connectivity index (χ2v) is 5.60. The number of benzene rings is 1. The maximum Gasteiger partial charge on any atom is 0.270 e. The van der Waals surface area contributed by atoms with Gasteiger partial charge >= 0.3 is 0 Å². The molecule has 0 aliphatic carbocycles. The largest absolute Gasteiger partial charge is 0.396 e. The van der Waals surface area contributed by atoms with Crippen molar-refractivity contribution in [2.45, 2.75) is 32.4 Å². The van der Waals surface area contributed by atoms with Gasteiger partial charge in [-0.3, -0.25) is 10.1 Å². The van der Waals surface area contributed by atoms with Crippen LogP contribution >= 0.6 is 15.9 Å². The summed E-state index contributed by atoms with van der Waals surface area (Å²) in [7, 11) is 0. The van der Waals surface area contributed by atoms with Crippen LogP contribution in [0.1, 0.15) is 25.8 Å². The van der Waals surface area contributed by atoms with Crippen molar-refractivity contribution >= 4 is 21.6 Å². The molecule has 1 rings (SSSR count). The average molecular weight is 317 g/mol. The first-order valence-electron chi connectivity index (χ1n) is 5.64. The van der Waals surface area contributed by atoms with Gasteiger partial charge in [0, 0.05) is 35.3 Å². The van der Waals surface area contributed by atoms with E-state index in [2.05, 4.69) is 21.2 Å². The van der Waals surface area contributed by atoms with E-state index < -0.39 is 4.92 Å². The van der Waals surface area contributed by atoms with Gasteiger partial charge in [0.2, 0.25) is 0 Å². The lowest BCUT2D eigenvalue weighted by Crippen LogP contribution is -2.39. The third kappa shape index (κ3) is 4.36. The molecule has 18 heavy (non-hydrogen) atoms. The number of rotatable bonds is 6. The smallest absolute Gasteiger partial charge is 0.270 e. The molecule has 0 saturated heterocycles. The lowest BCUT2D eigenvalue weighted by atomic mass is 10.0. The molecule has 0 atom stereocenters. The first-order valence-corrected chi connectivity index (χ1v) is 6.44. The molecule has 0 aliphatic rings. The highest BCUT2D eigenvalue weighted by Gasteiger charge is 2.17. The Morgan fingerprint density at radius 3 is 2.67 bits per heavy atom. The van der Waals surface area contributed by atoms with Crippen LogP contribution in [0, 0.1) is 10.1 Å². The highest BCUT2D eigenvalue weighted by Crippen LogP contribution is 2.23. The fraction of sp³-hybridized carbons (Fsp3) is 0.500. The Morgan fingerprint density at radius 1 is 1.50 bits per heavy atom. The van der Waals surface area contributed by atoms with Crippen LogP contribution < -0.4 is 5.32 Å². The van der Waals surface area contributed by atoms with Crippen LogP contribution in [-0.4, -0.2) is 22.2 Å². The quantitative estimate of drug-likeness (QED) is 0.625. The Morgan fingerprint density at radius 2 is 2.17 bits per heavy atom. The zero-order valence-corrected chi connectivity index (χ0v) is 12.0. The minimum absolute atomic E-state index is 0.0697. The average Bonchev–Trinajstić information content (AvgIpc) is 2.27. The van der Waals surface area contributed by atoms with Crippen LogP contribution in [0.15, 0.2) is 22.7 Å². The summed E-state index contributed by atoms with van der Waals surface area (Å²) >= 11 is 3.33. The Balaban J connectivity index is 2.71. The Bertz CT molecular complexity index is 435. The Hall–Kier alpha value is -0.980. The summed E-state index contributed by atoms with van der Waals surface area (Å²) in [5.41, 5.74) is 0.850. The van der Waals surface area contributed by atoms with Gasteiger partial charge in [0.1, 0.15) is 0 Å². The summed E-state index contributed by atoms with van der Waals surface area (Å²) in [5, 5.41) is 22.8. The lowest BCUT2D eigenvalue weighted by molar-refractivity contribution is -0.384. The van der Waals surface area contributed by atoms with Crippen molar-refractivity contribution in [1.82, 2.24) is 5.32 Å². The molecule has 0 spiro atoms. The Labute approximate surface area is 114 Å². The third-order valence-corrected chi connectivity index (χ3v) is 3.48. The molecule has 1 aromatic carbocycles. The van der Waals surface area contributed by atoms with Gasteiger partial charge in [-0.25, -0.2) is 0 Å². The summed E-state index contributed by atoms with van der Waals surface area (Å²) in [6.45, 7) is 4.72. The zero-order chi connectivity index (χ0) is 13.8. The van der Waals surface area contributed by atoms with Gasteiger partial charge in [0.25, 0.3) is 5.69 Å². The second-order valence-electron chi connectivity index (χ2n) is 4.74. The number of halogens is 1. The predicted octanol–water partition coefficient (Wildman–Crippen LogP) is 2.61. The van der Waals surface area contributed by atoms with E-state index in [9.17, 15) is 10.1 Å². The molecule has 0 unspecified atom stereocenters. The van der Waals surface area contributed by atoms with E-state index in [1.165, 1.54) is 12.1 Å². The van der Waals surface area contributed by atoms with Crippen LogP contribution in [-0.2, 0) is 6.54 Å². The molecule has 5 nitrogen and oxygen atoms in total. The van der Waals surface area contributed by atoms with E-state index >= 15 is 0 Å². The molecule has 0 heterocycles. The maximum atomic E-state index is 10.6. The van der Waals surface area contributed by atoms with Gasteiger partial charge in [0.05, 0.1) is 4.92 Å². The first kappa shape index (κ1) is 15.1. The molecule has 0 radical (unpaired) electrons. The number of nitrogens with one attached hydrogen (secondary N) is 1. The molecular formula is C12H17BrN2O3. The number of hydrogen-bond donors (Lipinski definition) is 2. The molecule has 0 aromatic heterocycles. The van der Waals surface area contributed by atoms with Crippen LogP contribution in [0.25, 0.3) is 0 Å². The number of nitro benzene ring substituents is 1. The van der Waals surface area contributed by atoms with Crippen molar-refractivity contribution in [2.75, 3.05) is 6.61 Å². The molecular weight excluding hydrogens is 300 g/mol. The van der Waals surface area contributed by atoms with E-state index in [1.807, 2.05) is 13.8 Å². The highest BCUT2D eigenvalue weighted by molar-refractivity contribution is 9.10. The first-order chi connectivity index (χ1) is 8.35. The highest BCUT2D eigenvalue weighted by atomic mass is 79.9. The third-order valence-electron chi connectivity index (χ3n) is 2.74. The van der Waals surface area contributed by atoms with Crippen molar-refractivity contribution in [3.05, 3.63) is 38.3 Å². The molecule has 0 fully saturated rings.